The first-order valence-corrected chi connectivity index (χ1v) is 12.3. The number of rotatable bonds is 8. The lowest BCUT2D eigenvalue weighted by Crippen LogP contribution is -2.40. The third-order valence-corrected chi connectivity index (χ3v) is 6.72. The Kier molecular flexibility index (Phi) is 7.02. The van der Waals surface area contributed by atoms with Crippen molar-refractivity contribution >= 4 is 27.7 Å². The summed E-state index contributed by atoms with van der Waals surface area (Å²) >= 11 is 0. The Morgan fingerprint density at radius 1 is 1.03 bits per heavy atom. The molecule has 1 unspecified atom stereocenters. The Morgan fingerprint density at radius 2 is 1.80 bits per heavy atom. The molecule has 0 bridgehead atoms. The van der Waals surface area contributed by atoms with Gasteiger partial charge in [0.25, 0.3) is 0 Å². The minimum atomic E-state index is -0.623. The molecular weight excluding hydrogens is 442 g/mol. The van der Waals surface area contributed by atoms with Gasteiger partial charge in [0.1, 0.15) is 12.7 Å². The van der Waals surface area contributed by atoms with Crippen LogP contribution < -0.4 is 4.74 Å². The van der Waals surface area contributed by atoms with E-state index in [0.717, 1.165) is 31.3 Å². The number of aliphatic hydroxyl groups is 1. The van der Waals surface area contributed by atoms with E-state index in [1.807, 2.05) is 12.1 Å². The third kappa shape index (κ3) is 5.34. The quantitative estimate of drug-likeness (QED) is 0.346. The fourth-order valence-corrected chi connectivity index (χ4v) is 4.90. The molecule has 0 amide bonds. The molecule has 0 saturated carbocycles. The molecule has 0 spiro atoms. The number of β-amino-alcohol motifs (C(OH)–C–C–N with tert-alkyl or cyclic N) is 1. The number of ether oxygens (including phenoxy) is 2. The summed E-state index contributed by atoms with van der Waals surface area (Å²) in [5, 5.41) is 14.0. The maximum absolute atomic E-state index is 12.0. The van der Waals surface area contributed by atoms with Gasteiger partial charge in [0.2, 0.25) is 5.76 Å². The molecule has 5 rings (SSSR count). The van der Waals surface area contributed by atoms with Gasteiger partial charge in [-0.25, -0.2) is 4.79 Å². The number of aliphatic hydroxyl groups excluding tert-OH is 1. The Balaban J connectivity index is 1.14. The maximum atomic E-state index is 12.0. The number of hydrogen-bond acceptors (Lipinski definition) is 6. The first-order valence-electron chi connectivity index (χ1n) is 12.3. The lowest BCUT2D eigenvalue weighted by atomic mass is 9.88. The summed E-state index contributed by atoms with van der Waals surface area (Å²) in [7, 11) is 0. The molecule has 1 N–H and O–H groups in total. The zero-order valence-corrected chi connectivity index (χ0v) is 20.0. The van der Waals surface area contributed by atoms with E-state index in [9.17, 15) is 9.90 Å². The lowest BCUT2D eigenvalue weighted by Gasteiger charge is -2.33. The molecular formula is C29H31NO5. The molecule has 2 heterocycles. The summed E-state index contributed by atoms with van der Waals surface area (Å²) in [6.45, 7) is 4.65. The molecule has 35 heavy (non-hydrogen) atoms. The molecule has 6 heteroatoms. The van der Waals surface area contributed by atoms with E-state index in [0.29, 0.717) is 23.8 Å². The predicted octanol–water partition coefficient (Wildman–Crippen LogP) is 5.38. The second kappa shape index (κ2) is 10.5. The zero-order valence-electron chi connectivity index (χ0n) is 20.0. The molecule has 6 nitrogen and oxygen atoms in total. The standard InChI is InChI=1S/C29H31NO5/c1-2-33-29(32)27-17-24-8-5-9-26(28(24)35-27)34-19-25(31)18-30-14-12-21(13-15-30)23-11-10-20-6-3-4-7-22(20)16-23/h3-11,16-17,21,25,31H,2,12-15,18-19H2,1H3. The summed E-state index contributed by atoms with van der Waals surface area (Å²) in [6.07, 6.45) is 1.53. The van der Waals surface area contributed by atoms with Crippen LogP contribution in [0.4, 0.5) is 0 Å². The van der Waals surface area contributed by atoms with E-state index < -0.39 is 12.1 Å². The highest BCUT2D eigenvalue weighted by Gasteiger charge is 2.23. The van der Waals surface area contributed by atoms with Gasteiger partial charge < -0.3 is 23.9 Å². The number of likely N-dealkylation sites (tertiary alicyclic amines) is 1. The van der Waals surface area contributed by atoms with Crippen LogP contribution in [0.1, 0.15) is 41.8 Å². The van der Waals surface area contributed by atoms with E-state index in [2.05, 4.69) is 47.4 Å². The van der Waals surface area contributed by atoms with Gasteiger partial charge in [-0.05, 0) is 67.2 Å². The van der Waals surface area contributed by atoms with Crippen LogP contribution in [0.15, 0.2) is 71.1 Å². The van der Waals surface area contributed by atoms with Gasteiger partial charge in [0.15, 0.2) is 11.3 Å². The average molecular weight is 474 g/mol. The molecule has 1 aromatic heterocycles. The Bertz CT molecular complexity index is 1300. The van der Waals surface area contributed by atoms with Crippen LogP contribution in [0.5, 0.6) is 5.75 Å². The topological polar surface area (TPSA) is 72.1 Å². The van der Waals surface area contributed by atoms with Crippen molar-refractivity contribution in [2.24, 2.45) is 0 Å². The van der Waals surface area contributed by atoms with Crippen LogP contribution in [0.25, 0.3) is 21.7 Å². The Morgan fingerprint density at radius 3 is 2.60 bits per heavy atom. The van der Waals surface area contributed by atoms with Gasteiger partial charge in [0.05, 0.1) is 6.61 Å². The van der Waals surface area contributed by atoms with E-state index >= 15 is 0 Å². The third-order valence-electron chi connectivity index (χ3n) is 6.72. The molecule has 4 aromatic rings. The number of hydrogen-bond donors (Lipinski definition) is 1. The van der Waals surface area contributed by atoms with Crippen LogP contribution in [-0.2, 0) is 4.74 Å². The second-order valence-electron chi connectivity index (χ2n) is 9.15. The summed E-state index contributed by atoms with van der Waals surface area (Å²) in [6, 6.07) is 22.4. The number of carbonyl (C=O) groups excluding carboxylic acids is 1. The van der Waals surface area contributed by atoms with E-state index in [-0.39, 0.29) is 19.0 Å². The first kappa shape index (κ1) is 23.4. The predicted molar refractivity (Wildman–Crippen MR) is 136 cm³/mol. The van der Waals surface area contributed by atoms with Crippen LogP contribution >= 0.6 is 0 Å². The molecule has 1 saturated heterocycles. The number of esters is 1. The van der Waals surface area contributed by atoms with Crippen LogP contribution in [0.3, 0.4) is 0 Å². The van der Waals surface area contributed by atoms with Gasteiger partial charge in [-0.1, -0.05) is 54.6 Å². The summed E-state index contributed by atoms with van der Waals surface area (Å²) in [5.74, 6) is 0.705. The van der Waals surface area contributed by atoms with Crippen LogP contribution in [-0.4, -0.2) is 54.9 Å². The summed E-state index contributed by atoms with van der Waals surface area (Å²) in [5.41, 5.74) is 1.89. The molecule has 0 radical (unpaired) electrons. The molecule has 182 valence electrons. The van der Waals surface area contributed by atoms with Crippen LogP contribution in [0.2, 0.25) is 0 Å². The molecule has 0 aliphatic carbocycles. The van der Waals surface area contributed by atoms with Gasteiger partial charge in [-0.2, -0.15) is 0 Å². The molecule has 3 aromatic carbocycles. The van der Waals surface area contributed by atoms with Crippen molar-refractivity contribution in [3.63, 3.8) is 0 Å². The smallest absolute Gasteiger partial charge is 0.374 e. The number of piperidine rings is 1. The van der Waals surface area contributed by atoms with E-state index in [1.165, 1.54) is 16.3 Å². The number of fused-ring (bicyclic) bond motifs is 2. The fourth-order valence-electron chi connectivity index (χ4n) is 4.90. The highest BCUT2D eigenvalue weighted by atomic mass is 16.5. The van der Waals surface area contributed by atoms with Gasteiger partial charge in [0, 0.05) is 11.9 Å². The van der Waals surface area contributed by atoms with Crippen molar-refractivity contribution in [2.45, 2.75) is 31.8 Å². The number of carbonyl (C=O) groups is 1. The van der Waals surface area contributed by atoms with Crippen molar-refractivity contribution < 1.29 is 23.8 Å². The maximum Gasteiger partial charge on any atom is 0.374 e. The minimum absolute atomic E-state index is 0.146. The first-order chi connectivity index (χ1) is 17.1. The monoisotopic (exact) mass is 473 g/mol. The zero-order chi connectivity index (χ0) is 24.2. The summed E-state index contributed by atoms with van der Waals surface area (Å²) in [4.78, 5) is 14.3. The average Bonchev–Trinajstić information content (AvgIpc) is 3.33. The van der Waals surface area contributed by atoms with Crippen molar-refractivity contribution in [2.75, 3.05) is 32.8 Å². The molecule has 1 atom stereocenters. The SMILES string of the molecule is CCOC(=O)c1cc2cccc(OCC(O)CN3CCC(c4ccc5ccccc5c4)CC3)c2o1. The Labute approximate surface area is 205 Å². The van der Waals surface area contributed by atoms with Gasteiger partial charge >= 0.3 is 5.97 Å². The number of furan rings is 1. The molecule has 1 aliphatic heterocycles. The highest BCUT2D eigenvalue weighted by Crippen LogP contribution is 2.31. The summed E-state index contributed by atoms with van der Waals surface area (Å²) < 4.78 is 16.6. The number of benzene rings is 3. The van der Waals surface area contributed by atoms with Crippen molar-refractivity contribution in [1.82, 2.24) is 4.90 Å². The van der Waals surface area contributed by atoms with E-state index in [4.69, 9.17) is 13.9 Å². The van der Waals surface area contributed by atoms with Gasteiger partial charge in [-0.3, -0.25) is 0 Å². The van der Waals surface area contributed by atoms with Crippen molar-refractivity contribution in [3.8, 4) is 5.75 Å². The fraction of sp³-hybridized carbons (Fsp3) is 0.345. The highest BCUT2D eigenvalue weighted by molar-refractivity contribution is 5.94. The van der Waals surface area contributed by atoms with Crippen LogP contribution in [0, 0.1) is 0 Å². The number of nitrogens with zero attached hydrogens (tertiary/aromatic N) is 1. The molecule has 1 fully saturated rings. The molecule has 1 aliphatic rings. The second-order valence-corrected chi connectivity index (χ2v) is 9.15. The van der Waals surface area contributed by atoms with Crippen molar-refractivity contribution in [1.29, 1.82) is 0 Å². The normalized spacial score (nSPS) is 15.9. The van der Waals surface area contributed by atoms with Crippen molar-refractivity contribution in [3.05, 3.63) is 78.1 Å². The minimum Gasteiger partial charge on any atom is -0.487 e. The lowest BCUT2D eigenvalue weighted by molar-refractivity contribution is 0.0490. The van der Waals surface area contributed by atoms with E-state index in [1.54, 1.807) is 19.1 Å². The van der Waals surface area contributed by atoms with Gasteiger partial charge in [-0.15, -0.1) is 0 Å². The number of para-hydroxylation sites is 1. The largest absolute Gasteiger partial charge is 0.487 e. The Hall–Kier alpha value is -3.35.